The summed E-state index contributed by atoms with van der Waals surface area (Å²) in [7, 11) is 0. The molecule has 0 N–H and O–H groups in total. The van der Waals surface area contributed by atoms with Crippen LogP contribution >= 0.6 is 0 Å². The van der Waals surface area contributed by atoms with E-state index in [0.717, 1.165) is 17.4 Å². The highest BCUT2D eigenvalue weighted by molar-refractivity contribution is 5.57. The molecule has 82 valence electrons. The Hall–Kier alpha value is -2.40. The molecule has 0 unspecified atom stereocenters. The van der Waals surface area contributed by atoms with Crippen LogP contribution in [0.5, 0.6) is 0 Å². The summed E-state index contributed by atoms with van der Waals surface area (Å²) in [6.45, 7) is 0. The molecule has 0 saturated heterocycles. The van der Waals surface area contributed by atoms with E-state index in [1.54, 1.807) is 6.20 Å². The third-order valence-corrected chi connectivity index (χ3v) is 2.29. The van der Waals surface area contributed by atoms with Gasteiger partial charge < -0.3 is 4.79 Å². The highest BCUT2D eigenvalue weighted by Crippen LogP contribution is 2.04. The molecule has 17 heavy (non-hydrogen) atoms. The van der Waals surface area contributed by atoms with Crippen molar-refractivity contribution < 1.29 is 4.79 Å². The van der Waals surface area contributed by atoms with E-state index < -0.39 is 0 Å². The second kappa shape index (κ2) is 5.62. The molecule has 2 rings (SSSR count). The summed E-state index contributed by atoms with van der Waals surface area (Å²) in [6, 6.07) is 13.4. The first kappa shape index (κ1) is 11.1. The van der Waals surface area contributed by atoms with E-state index in [4.69, 9.17) is 0 Å². The van der Waals surface area contributed by atoms with E-state index in [0.29, 0.717) is 12.1 Å². The topological polar surface area (TPSA) is 30.0 Å². The Balaban J connectivity index is 2.30. The Morgan fingerprint density at radius 2 is 1.88 bits per heavy atom. The van der Waals surface area contributed by atoms with Gasteiger partial charge in [0.05, 0.1) is 0 Å². The van der Waals surface area contributed by atoms with Crippen molar-refractivity contribution in [3.8, 4) is 11.8 Å². The summed E-state index contributed by atoms with van der Waals surface area (Å²) < 4.78 is 0. The number of nitrogens with zero attached hydrogens (tertiary/aromatic N) is 1. The van der Waals surface area contributed by atoms with Crippen molar-refractivity contribution >= 4 is 6.29 Å². The molecule has 1 aromatic carbocycles. The molecule has 0 saturated carbocycles. The van der Waals surface area contributed by atoms with Crippen molar-refractivity contribution in [2.24, 2.45) is 0 Å². The highest BCUT2D eigenvalue weighted by Gasteiger charge is 1.98. The van der Waals surface area contributed by atoms with Gasteiger partial charge in [-0.15, -0.1) is 0 Å². The highest BCUT2D eigenvalue weighted by atomic mass is 16.1. The Morgan fingerprint density at radius 1 is 1.06 bits per heavy atom. The molecule has 1 heterocycles. The smallest absolute Gasteiger partial charge is 0.124 e. The summed E-state index contributed by atoms with van der Waals surface area (Å²) >= 11 is 0. The van der Waals surface area contributed by atoms with Gasteiger partial charge in [-0.3, -0.25) is 0 Å². The van der Waals surface area contributed by atoms with Crippen molar-refractivity contribution in [2.45, 2.75) is 6.42 Å². The molecular formula is C15H11NO. The lowest BCUT2D eigenvalue weighted by atomic mass is 10.1. The fraction of sp³-hybridized carbons (Fsp3) is 0.0667. The summed E-state index contributed by atoms with van der Waals surface area (Å²) in [5.74, 6) is 6.03. The molecule has 2 heteroatoms. The third-order valence-electron chi connectivity index (χ3n) is 2.29. The van der Waals surface area contributed by atoms with Crippen molar-refractivity contribution in [3.05, 3.63) is 65.5 Å². The van der Waals surface area contributed by atoms with Gasteiger partial charge in [-0.1, -0.05) is 30.2 Å². The van der Waals surface area contributed by atoms with Crippen LogP contribution in [0.15, 0.2) is 48.7 Å². The van der Waals surface area contributed by atoms with Crippen LogP contribution in [0.2, 0.25) is 0 Å². The van der Waals surface area contributed by atoms with E-state index in [2.05, 4.69) is 16.8 Å². The number of hydrogen-bond acceptors (Lipinski definition) is 2. The minimum atomic E-state index is 0.354. The lowest BCUT2D eigenvalue weighted by Gasteiger charge is -1.97. The summed E-state index contributed by atoms with van der Waals surface area (Å²) in [4.78, 5) is 14.7. The van der Waals surface area contributed by atoms with Crippen LogP contribution in [0.25, 0.3) is 0 Å². The molecule has 0 aliphatic rings. The van der Waals surface area contributed by atoms with Gasteiger partial charge in [0.15, 0.2) is 0 Å². The number of hydrogen-bond donors (Lipinski definition) is 0. The molecule has 0 atom stereocenters. The zero-order chi connectivity index (χ0) is 11.9. The van der Waals surface area contributed by atoms with E-state index in [9.17, 15) is 4.79 Å². The monoisotopic (exact) mass is 221 g/mol. The third kappa shape index (κ3) is 3.02. The molecule has 0 spiro atoms. The van der Waals surface area contributed by atoms with Crippen LogP contribution in [-0.4, -0.2) is 11.3 Å². The summed E-state index contributed by atoms with van der Waals surface area (Å²) in [6.07, 6.45) is 2.90. The molecular weight excluding hydrogens is 210 g/mol. The van der Waals surface area contributed by atoms with Crippen LogP contribution in [0.4, 0.5) is 0 Å². The van der Waals surface area contributed by atoms with Gasteiger partial charge in [0.25, 0.3) is 0 Å². The van der Waals surface area contributed by atoms with Gasteiger partial charge in [0.1, 0.15) is 12.0 Å². The van der Waals surface area contributed by atoms with E-state index >= 15 is 0 Å². The first-order valence-corrected chi connectivity index (χ1v) is 5.35. The number of carbonyl (C=O) groups is 1. The Kier molecular flexibility index (Phi) is 3.67. The van der Waals surface area contributed by atoms with Crippen molar-refractivity contribution in [3.63, 3.8) is 0 Å². The number of rotatable bonds is 2. The lowest BCUT2D eigenvalue weighted by Crippen LogP contribution is -1.93. The predicted molar refractivity (Wildman–Crippen MR) is 66.4 cm³/mol. The average Bonchev–Trinajstić information content (AvgIpc) is 2.39. The molecule has 0 amide bonds. The number of pyridine rings is 1. The van der Waals surface area contributed by atoms with Crippen LogP contribution in [0, 0.1) is 11.8 Å². The fourth-order valence-electron chi connectivity index (χ4n) is 1.46. The normalized spacial score (nSPS) is 9.18. The fourth-order valence-corrected chi connectivity index (χ4v) is 1.46. The van der Waals surface area contributed by atoms with Crippen LogP contribution in [0.1, 0.15) is 16.8 Å². The molecule has 0 aliphatic heterocycles. The minimum absolute atomic E-state index is 0.354. The summed E-state index contributed by atoms with van der Waals surface area (Å²) in [5, 5.41) is 0. The SMILES string of the molecule is O=CCc1cccnc1C#Cc1ccccc1. The summed E-state index contributed by atoms with van der Waals surface area (Å²) in [5.41, 5.74) is 2.48. The molecule has 0 aliphatic carbocycles. The number of benzene rings is 1. The van der Waals surface area contributed by atoms with Gasteiger partial charge in [-0.25, -0.2) is 4.98 Å². The minimum Gasteiger partial charge on any atom is -0.303 e. The first-order valence-electron chi connectivity index (χ1n) is 5.35. The van der Waals surface area contributed by atoms with E-state index in [1.807, 2.05) is 42.5 Å². The van der Waals surface area contributed by atoms with Gasteiger partial charge in [-0.2, -0.15) is 0 Å². The van der Waals surface area contributed by atoms with Gasteiger partial charge in [0, 0.05) is 18.2 Å². The first-order chi connectivity index (χ1) is 8.40. The van der Waals surface area contributed by atoms with Gasteiger partial charge >= 0.3 is 0 Å². The Morgan fingerprint density at radius 3 is 2.65 bits per heavy atom. The number of aromatic nitrogens is 1. The van der Waals surface area contributed by atoms with Crippen LogP contribution in [0.3, 0.4) is 0 Å². The number of aldehydes is 1. The van der Waals surface area contributed by atoms with Crippen molar-refractivity contribution in [1.29, 1.82) is 0 Å². The van der Waals surface area contributed by atoms with E-state index in [1.165, 1.54) is 0 Å². The second-order valence-electron chi connectivity index (χ2n) is 3.50. The quantitative estimate of drug-likeness (QED) is 0.575. The van der Waals surface area contributed by atoms with Gasteiger partial charge in [0.2, 0.25) is 0 Å². The molecule has 0 radical (unpaired) electrons. The van der Waals surface area contributed by atoms with Crippen molar-refractivity contribution in [2.75, 3.05) is 0 Å². The maximum Gasteiger partial charge on any atom is 0.124 e. The molecule has 2 aromatic rings. The van der Waals surface area contributed by atoms with Crippen molar-refractivity contribution in [1.82, 2.24) is 4.98 Å². The lowest BCUT2D eigenvalue weighted by molar-refractivity contribution is -0.107. The second-order valence-corrected chi connectivity index (χ2v) is 3.50. The standard InChI is InChI=1S/C15H11NO/c17-12-10-14-7-4-11-16-15(14)9-8-13-5-2-1-3-6-13/h1-7,11-12H,10H2. The van der Waals surface area contributed by atoms with Crippen LogP contribution in [-0.2, 0) is 11.2 Å². The Labute approximate surface area is 100 Å². The van der Waals surface area contributed by atoms with Gasteiger partial charge in [-0.05, 0) is 29.7 Å². The van der Waals surface area contributed by atoms with Crippen LogP contribution < -0.4 is 0 Å². The zero-order valence-corrected chi connectivity index (χ0v) is 9.26. The largest absolute Gasteiger partial charge is 0.303 e. The molecule has 2 nitrogen and oxygen atoms in total. The maximum atomic E-state index is 10.5. The predicted octanol–water partition coefficient (Wildman–Crippen LogP) is 2.22. The molecule has 0 fully saturated rings. The Bertz CT molecular complexity index is 564. The molecule has 0 bridgehead atoms. The average molecular weight is 221 g/mol. The number of carbonyl (C=O) groups excluding carboxylic acids is 1. The zero-order valence-electron chi connectivity index (χ0n) is 9.26. The maximum absolute atomic E-state index is 10.5. The molecule has 1 aromatic heterocycles. The van der Waals surface area contributed by atoms with E-state index in [-0.39, 0.29) is 0 Å².